The van der Waals surface area contributed by atoms with Crippen LogP contribution < -0.4 is 10.3 Å². The van der Waals surface area contributed by atoms with Gasteiger partial charge in [-0.25, -0.2) is 9.82 Å². The molecule has 0 spiro atoms. The van der Waals surface area contributed by atoms with Gasteiger partial charge in [0.2, 0.25) is 0 Å². The van der Waals surface area contributed by atoms with E-state index >= 15 is 0 Å². The van der Waals surface area contributed by atoms with Gasteiger partial charge < -0.3 is 14.1 Å². The molecule has 1 saturated heterocycles. The molecule has 0 bridgehead atoms. The SMILES string of the molecule is N#Cc1ccc(C(=O)N/N=C/c2ccc(N3CCOCC3)o2)c(F)c1. The lowest BCUT2D eigenvalue weighted by molar-refractivity contribution is 0.0951. The summed E-state index contributed by atoms with van der Waals surface area (Å²) in [5, 5.41) is 12.5. The first-order valence-corrected chi connectivity index (χ1v) is 7.63. The summed E-state index contributed by atoms with van der Waals surface area (Å²) in [4.78, 5) is 14.0. The van der Waals surface area contributed by atoms with Gasteiger partial charge in [-0.05, 0) is 24.3 Å². The Hall–Kier alpha value is -3.18. The summed E-state index contributed by atoms with van der Waals surface area (Å²) in [6.45, 7) is 2.80. The molecule has 0 unspecified atom stereocenters. The van der Waals surface area contributed by atoms with Crippen molar-refractivity contribution in [3.63, 3.8) is 0 Å². The van der Waals surface area contributed by atoms with Crippen LogP contribution in [0.5, 0.6) is 0 Å². The zero-order chi connectivity index (χ0) is 17.6. The van der Waals surface area contributed by atoms with Crippen LogP contribution in [0.4, 0.5) is 10.3 Å². The van der Waals surface area contributed by atoms with E-state index in [1.807, 2.05) is 11.0 Å². The molecular formula is C17H15FN4O3. The molecule has 1 aliphatic rings. The third kappa shape index (κ3) is 4.02. The van der Waals surface area contributed by atoms with Gasteiger partial charge in [-0.15, -0.1) is 0 Å². The second-order valence-electron chi connectivity index (χ2n) is 5.28. The number of furan rings is 1. The van der Waals surface area contributed by atoms with Crippen molar-refractivity contribution in [2.24, 2.45) is 5.10 Å². The van der Waals surface area contributed by atoms with Crippen molar-refractivity contribution < 1.29 is 18.3 Å². The highest BCUT2D eigenvalue weighted by Gasteiger charge is 2.14. The molecule has 7 nitrogen and oxygen atoms in total. The zero-order valence-electron chi connectivity index (χ0n) is 13.2. The van der Waals surface area contributed by atoms with Crippen LogP contribution in [0, 0.1) is 17.1 Å². The molecule has 128 valence electrons. The summed E-state index contributed by atoms with van der Waals surface area (Å²) in [6.07, 6.45) is 1.34. The third-order valence-corrected chi connectivity index (χ3v) is 3.64. The number of rotatable bonds is 4. The van der Waals surface area contributed by atoms with Crippen molar-refractivity contribution in [3.8, 4) is 6.07 Å². The zero-order valence-corrected chi connectivity index (χ0v) is 13.2. The van der Waals surface area contributed by atoms with Crippen molar-refractivity contribution in [2.45, 2.75) is 0 Å². The molecule has 1 N–H and O–H groups in total. The van der Waals surface area contributed by atoms with Crippen molar-refractivity contribution in [1.82, 2.24) is 5.43 Å². The fourth-order valence-corrected chi connectivity index (χ4v) is 2.35. The summed E-state index contributed by atoms with van der Waals surface area (Å²) in [5.41, 5.74) is 2.18. The predicted octanol–water partition coefficient (Wildman–Crippen LogP) is 1.89. The smallest absolute Gasteiger partial charge is 0.274 e. The largest absolute Gasteiger partial charge is 0.440 e. The number of hydrazone groups is 1. The summed E-state index contributed by atoms with van der Waals surface area (Å²) >= 11 is 0. The van der Waals surface area contributed by atoms with Crippen LogP contribution in [0.1, 0.15) is 21.7 Å². The summed E-state index contributed by atoms with van der Waals surface area (Å²) in [6, 6.07) is 8.94. The minimum atomic E-state index is -0.778. The molecule has 0 saturated carbocycles. The molecule has 1 aromatic heterocycles. The van der Waals surface area contributed by atoms with Crippen LogP contribution in [-0.4, -0.2) is 38.4 Å². The molecule has 1 aliphatic heterocycles. The highest BCUT2D eigenvalue weighted by Crippen LogP contribution is 2.18. The van der Waals surface area contributed by atoms with Gasteiger partial charge in [0, 0.05) is 19.2 Å². The lowest BCUT2D eigenvalue weighted by Gasteiger charge is -2.26. The van der Waals surface area contributed by atoms with Gasteiger partial charge in [-0.1, -0.05) is 0 Å². The van der Waals surface area contributed by atoms with Gasteiger partial charge in [0.25, 0.3) is 5.91 Å². The molecule has 0 atom stereocenters. The number of anilines is 1. The Morgan fingerprint density at radius 3 is 2.84 bits per heavy atom. The Morgan fingerprint density at radius 1 is 1.32 bits per heavy atom. The number of hydrogen-bond donors (Lipinski definition) is 1. The van der Waals surface area contributed by atoms with E-state index in [0.29, 0.717) is 24.9 Å². The fourth-order valence-electron chi connectivity index (χ4n) is 2.35. The van der Waals surface area contributed by atoms with E-state index in [1.54, 1.807) is 12.1 Å². The number of nitrogens with zero attached hydrogens (tertiary/aromatic N) is 3. The highest BCUT2D eigenvalue weighted by molar-refractivity contribution is 5.95. The van der Waals surface area contributed by atoms with Gasteiger partial charge >= 0.3 is 0 Å². The topological polar surface area (TPSA) is 90.9 Å². The maximum absolute atomic E-state index is 13.7. The van der Waals surface area contributed by atoms with E-state index in [4.69, 9.17) is 14.4 Å². The van der Waals surface area contributed by atoms with Crippen LogP contribution in [0.3, 0.4) is 0 Å². The number of nitrogens with one attached hydrogen (secondary N) is 1. The number of ether oxygens (including phenoxy) is 1. The number of nitriles is 1. The summed E-state index contributed by atoms with van der Waals surface area (Å²) < 4.78 is 24.7. The van der Waals surface area contributed by atoms with E-state index in [9.17, 15) is 9.18 Å². The first-order chi connectivity index (χ1) is 12.2. The second-order valence-corrected chi connectivity index (χ2v) is 5.28. The van der Waals surface area contributed by atoms with Gasteiger partial charge in [0.15, 0.2) is 5.88 Å². The van der Waals surface area contributed by atoms with Crippen molar-refractivity contribution >= 4 is 18.0 Å². The molecule has 1 aromatic carbocycles. The quantitative estimate of drug-likeness (QED) is 0.677. The third-order valence-electron chi connectivity index (χ3n) is 3.64. The lowest BCUT2D eigenvalue weighted by atomic mass is 10.1. The first-order valence-electron chi connectivity index (χ1n) is 7.63. The number of benzene rings is 1. The Bertz CT molecular complexity index is 835. The molecule has 2 heterocycles. The van der Waals surface area contributed by atoms with Crippen LogP contribution in [0.2, 0.25) is 0 Å². The fraction of sp³-hybridized carbons (Fsp3) is 0.235. The first kappa shape index (κ1) is 16.7. The standard InChI is InChI=1S/C17H15FN4O3/c18-15-9-12(10-19)1-3-14(15)17(23)21-20-11-13-2-4-16(25-13)22-5-7-24-8-6-22/h1-4,9,11H,5-8H2,(H,21,23)/b20-11+. The molecule has 1 amide bonds. The average molecular weight is 342 g/mol. The number of hydrogen-bond acceptors (Lipinski definition) is 6. The molecule has 0 aliphatic carbocycles. The number of halogens is 1. The highest BCUT2D eigenvalue weighted by atomic mass is 19.1. The predicted molar refractivity (Wildman–Crippen MR) is 87.9 cm³/mol. The Kier molecular flexibility index (Phi) is 5.06. The van der Waals surface area contributed by atoms with Gasteiger partial charge in [0.05, 0.1) is 36.6 Å². The molecule has 3 rings (SSSR count). The minimum absolute atomic E-state index is 0.142. The van der Waals surface area contributed by atoms with Crippen LogP contribution in [0.15, 0.2) is 39.9 Å². The van der Waals surface area contributed by atoms with Crippen LogP contribution in [-0.2, 0) is 4.74 Å². The van der Waals surface area contributed by atoms with E-state index in [2.05, 4.69) is 10.5 Å². The van der Waals surface area contributed by atoms with Gasteiger partial charge in [0.1, 0.15) is 11.6 Å². The Morgan fingerprint density at radius 2 is 2.12 bits per heavy atom. The monoisotopic (exact) mass is 342 g/mol. The molecule has 1 fully saturated rings. The minimum Gasteiger partial charge on any atom is -0.440 e. The van der Waals surface area contributed by atoms with E-state index < -0.39 is 11.7 Å². The van der Waals surface area contributed by atoms with Crippen LogP contribution in [0.25, 0.3) is 0 Å². The molecule has 8 heteroatoms. The van der Waals surface area contributed by atoms with Crippen molar-refractivity contribution in [3.05, 3.63) is 53.0 Å². The average Bonchev–Trinajstić information content (AvgIpc) is 3.11. The molecule has 25 heavy (non-hydrogen) atoms. The number of amides is 1. The van der Waals surface area contributed by atoms with Crippen LogP contribution >= 0.6 is 0 Å². The maximum atomic E-state index is 13.7. The number of carbonyl (C=O) groups excluding carboxylic acids is 1. The molecule has 0 radical (unpaired) electrons. The second kappa shape index (κ2) is 7.59. The lowest BCUT2D eigenvalue weighted by Crippen LogP contribution is -2.35. The maximum Gasteiger partial charge on any atom is 0.274 e. The van der Waals surface area contributed by atoms with E-state index in [-0.39, 0.29) is 11.1 Å². The molecule has 2 aromatic rings. The Balaban J connectivity index is 1.60. The van der Waals surface area contributed by atoms with E-state index in [0.717, 1.165) is 19.2 Å². The summed E-state index contributed by atoms with van der Waals surface area (Å²) in [7, 11) is 0. The normalized spacial score (nSPS) is 14.5. The summed E-state index contributed by atoms with van der Waals surface area (Å²) in [5.74, 6) is -0.325. The van der Waals surface area contributed by atoms with Gasteiger partial charge in [-0.3, -0.25) is 4.79 Å². The number of carbonyl (C=O) groups is 1. The van der Waals surface area contributed by atoms with Crippen molar-refractivity contribution in [1.29, 1.82) is 5.26 Å². The Labute approximate surface area is 143 Å². The number of morpholine rings is 1. The molecular weight excluding hydrogens is 327 g/mol. The van der Waals surface area contributed by atoms with Crippen molar-refractivity contribution in [2.75, 3.05) is 31.2 Å². The van der Waals surface area contributed by atoms with Gasteiger partial charge in [-0.2, -0.15) is 10.4 Å². The van der Waals surface area contributed by atoms with E-state index in [1.165, 1.54) is 18.3 Å².